The molecule has 0 bridgehead atoms. The van der Waals surface area contributed by atoms with Crippen LogP contribution in [0.15, 0.2) is 18.3 Å². The number of pyridine rings is 1. The number of amides is 1. The number of nitrogens with two attached hydrogens (primary N) is 1. The molecule has 7 heteroatoms. The average Bonchev–Trinajstić information content (AvgIpc) is 2.68. The van der Waals surface area contributed by atoms with E-state index in [2.05, 4.69) is 22.3 Å². The molecule has 114 valence electrons. The van der Waals surface area contributed by atoms with E-state index in [9.17, 15) is 4.79 Å². The van der Waals surface area contributed by atoms with Gasteiger partial charge >= 0.3 is 0 Å². The van der Waals surface area contributed by atoms with Crippen molar-refractivity contribution in [1.82, 2.24) is 14.8 Å². The van der Waals surface area contributed by atoms with Crippen LogP contribution in [0.5, 0.6) is 0 Å². The smallest absolute Gasteiger partial charge is 0.259 e. The Kier molecular flexibility index (Phi) is 5.72. The maximum absolute atomic E-state index is 12.3. The second kappa shape index (κ2) is 7.08. The number of halogens is 1. The van der Waals surface area contributed by atoms with E-state index in [0.717, 1.165) is 24.4 Å². The fourth-order valence-corrected chi connectivity index (χ4v) is 2.13. The summed E-state index contributed by atoms with van der Waals surface area (Å²) < 4.78 is 1.87. The van der Waals surface area contributed by atoms with Crippen LogP contribution in [-0.4, -0.2) is 20.7 Å². The SMILES string of the molecule is CCCn1nc(C)c(C(=O)Nc2ccc(N)nc2)c1C.Cl. The molecule has 21 heavy (non-hydrogen) atoms. The number of hydrogen-bond acceptors (Lipinski definition) is 4. The van der Waals surface area contributed by atoms with Crippen LogP contribution in [0.4, 0.5) is 11.5 Å². The zero-order valence-corrected chi connectivity index (χ0v) is 13.2. The summed E-state index contributed by atoms with van der Waals surface area (Å²) in [5.41, 5.74) is 8.37. The third kappa shape index (κ3) is 3.72. The van der Waals surface area contributed by atoms with Gasteiger partial charge in [0, 0.05) is 12.2 Å². The van der Waals surface area contributed by atoms with Gasteiger partial charge in [-0.3, -0.25) is 9.48 Å². The van der Waals surface area contributed by atoms with Gasteiger partial charge in [0.2, 0.25) is 0 Å². The molecule has 0 saturated carbocycles. The van der Waals surface area contributed by atoms with Crippen molar-refractivity contribution in [3.05, 3.63) is 35.3 Å². The molecule has 0 fully saturated rings. The molecule has 0 aromatic carbocycles. The largest absolute Gasteiger partial charge is 0.384 e. The van der Waals surface area contributed by atoms with Crippen molar-refractivity contribution in [1.29, 1.82) is 0 Å². The third-order valence-electron chi connectivity index (χ3n) is 3.09. The van der Waals surface area contributed by atoms with Crippen molar-refractivity contribution < 1.29 is 4.79 Å². The highest BCUT2D eigenvalue weighted by Gasteiger charge is 2.18. The number of aromatic nitrogens is 3. The molecule has 1 amide bonds. The van der Waals surface area contributed by atoms with Crippen LogP contribution < -0.4 is 11.1 Å². The van der Waals surface area contributed by atoms with Crippen molar-refractivity contribution in [3.8, 4) is 0 Å². The molecular weight excluding hydrogens is 290 g/mol. The Morgan fingerprint density at radius 2 is 2.10 bits per heavy atom. The fraction of sp³-hybridized carbons (Fsp3) is 0.357. The lowest BCUT2D eigenvalue weighted by Gasteiger charge is -2.06. The van der Waals surface area contributed by atoms with Gasteiger partial charge in [0.1, 0.15) is 5.82 Å². The van der Waals surface area contributed by atoms with E-state index in [1.165, 1.54) is 6.20 Å². The summed E-state index contributed by atoms with van der Waals surface area (Å²) in [7, 11) is 0. The van der Waals surface area contributed by atoms with Crippen LogP contribution in [0, 0.1) is 13.8 Å². The lowest BCUT2D eigenvalue weighted by Crippen LogP contribution is -2.14. The monoisotopic (exact) mass is 309 g/mol. The van der Waals surface area contributed by atoms with Gasteiger partial charge in [-0.05, 0) is 32.4 Å². The Morgan fingerprint density at radius 3 is 2.67 bits per heavy atom. The van der Waals surface area contributed by atoms with Crippen molar-refractivity contribution in [2.24, 2.45) is 0 Å². The number of carbonyl (C=O) groups excluding carboxylic acids is 1. The van der Waals surface area contributed by atoms with E-state index in [1.54, 1.807) is 12.1 Å². The number of aryl methyl sites for hydroxylation is 2. The normalized spacial score (nSPS) is 10.0. The predicted octanol–water partition coefficient (Wildman–Crippen LogP) is 2.56. The standard InChI is InChI=1S/C14H19N5O.ClH/c1-4-7-19-10(3)13(9(2)18-19)14(20)17-11-5-6-12(15)16-8-11;/h5-6,8H,4,7H2,1-3H3,(H2,15,16)(H,17,20);1H. The van der Waals surface area contributed by atoms with E-state index >= 15 is 0 Å². The first-order chi connectivity index (χ1) is 9.52. The molecule has 6 nitrogen and oxygen atoms in total. The summed E-state index contributed by atoms with van der Waals surface area (Å²) in [4.78, 5) is 16.3. The summed E-state index contributed by atoms with van der Waals surface area (Å²) in [6.45, 7) is 6.64. The molecule has 0 atom stereocenters. The van der Waals surface area contributed by atoms with Gasteiger partial charge in [-0.25, -0.2) is 4.98 Å². The highest BCUT2D eigenvalue weighted by Crippen LogP contribution is 2.16. The van der Waals surface area contributed by atoms with Crippen molar-refractivity contribution in [2.45, 2.75) is 33.7 Å². The van der Waals surface area contributed by atoms with E-state index in [-0.39, 0.29) is 18.3 Å². The average molecular weight is 310 g/mol. The number of nitrogens with one attached hydrogen (secondary N) is 1. The molecule has 0 aliphatic carbocycles. The van der Waals surface area contributed by atoms with Crippen molar-refractivity contribution in [2.75, 3.05) is 11.1 Å². The Hall–Kier alpha value is -2.08. The summed E-state index contributed by atoms with van der Waals surface area (Å²) in [6.07, 6.45) is 2.51. The molecule has 3 N–H and O–H groups in total. The summed E-state index contributed by atoms with van der Waals surface area (Å²) in [5, 5.41) is 7.21. The molecule has 0 saturated heterocycles. The first-order valence-electron chi connectivity index (χ1n) is 6.59. The molecule has 2 rings (SSSR count). The highest BCUT2D eigenvalue weighted by molar-refractivity contribution is 6.05. The molecule has 2 aromatic rings. The number of rotatable bonds is 4. The molecule has 2 heterocycles. The minimum absolute atomic E-state index is 0. The molecule has 0 unspecified atom stereocenters. The van der Waals surface area contributed by atoms with Crippen LogP contribution >= 0.6 is 12.4 Å². The van der Waals surface area contributed by atoms with Gasteiger partial charge < -0.3 is 11.1 Å². The van der Waals surface area contributed by atoms with Crippen LogP contribution in [0.25, 0.3) is 0 Å². The van der Waals surface area contributed by atoms with Gasteiger partial charge in [-0.2, -0.15) is 5.10 Å². The molecule has 2 aromatic heterocycles. The third-order valence-corrected chi connectivity index (χ3v) is 3.09. The minimum Gasteiger partial charge on any atom is -0.384 e. The highest BCUT2D eigenvalue weighted by atomic mass is 35.5. The van der Waals surface area contributed by atoms with Gasteiger partial charge in [0.25, 0.3) is 5.91 Å². The Morgan fingerprint density at radius 1 is 1.38 bits per heavy atom. The second-order valence-electron chi connectivity index (χ2n) is 4.69. The van der Waals surface area contributed by atoms with E-state index < -0.39 is 0 Å². The summed E-state index contributed by atoms with van der Waals surface area (Å²) in [5.74, 6) is 0.250. The zero-order valence-electron chi connectivity index (χ0n) is 12.4. The predicted molar refractivity (Wildman–Crippen MR) is 85.8 cm³/mol. The van der Waals surface area contributed by atoms with E-state index in [1.807, 2.05) is 18.5 Å². The van der Waals surface area contributed by atoms with Crippen LogP contribution in [0.1, 0.15) is 35.1 Å². The van der Waals surface area contributed by atoms with Crippen LogP contribution in [-0.2, 0) is 6.54 Å². The van der Waals surface area contributed by atoms with Crippen LogP contribution in [0.3, 0.4) is 0 Å². The van der Waals surface area contributed by atoms with Crippen molar-refractivity contribution >= 4 is 29.8 Å². The Bertz CT molecular complexity index is 621. The molecule has 0 spiro atoms. The lowest BCUT2D eigenvalue weighted by molar-refractivity contribution is 0.102. The van der Waals surface area contributed by atoms with E-state index in [0.29, 0.717) is 17.1 Å². The maximum atomic E-state index is 12.3. The zero-order chi connectivity index (χ0) is 14.7. The van der Waals surface area contributed by atoms with E-state index in [4.69, 9.17) is 5.73 Å². The van der Waals surface area contributed by atoms with Gasteiger partial charge in [-0.15, -0.1) is 12.4 Å². The molecular formula is C14H20ClN5O. The minimum atomic E-state index is -0.172. The first-order valence-corrected chi connectivity index (χ1v) is 6.59. The van der Waals surface area contributed by atoms with Crippen LogP contribution in [0.2, 0.25) is 0 Å². The van der Waals surface area contributed by atoms with Gasteiger partial charge in [0.15, 0.2) is 0 Å². The summed E-state index contributed by atoms with van der Waals surface area (Å²) in [6, 6.07) is 3.37. The number of nitrogens with zero attached hydrogens (tertiary/aromatic N) is 3. The van der Waals surface area contributed by atoms with Gasteiger partial charge in [-0.1, -0.05) is 6.92 Å². The Balaban J connectivity index is 0.00000220. The quantitative estimate of drug-likeness (QED) is 0.909. The summed E-state index contributed by atoms with van der Waals surface area (Å²) >= 11 is 0. The molecule has 0 aliphatic rings. The fourth-order valence-electron chi connectivity index (χ4n) is 2.13. The number of hydrogen-bond donors (Lipinski definition) is 2. The Labute approximate surface area is 130 Å². The topological polar surface area (TPSA) is 85.8 Å². The molecule has 0 radical (unpaired) electrons. The van der Waals surface area contributed by atoms with Gasteiger partial charge in [0.05, 0.1) is 23.1 Å². The van der Waals surface area contributed by atoms with Crippen molar-refractivity contribution in [3.63, 3.8) is 0 Å². The second-order valence-corrected chi connectivity index (χ2v) is 4.69. The number of anilines is 2. The number of nitrogen functional groups attached to an aromatic ring is 1. The maximum Gasteiger partial charge on any atom is 0.259 e. The number of carbonyl (C=O) groups is 1. The molecule has 0 aliphatic heterocycles. The lowest BCUT2D eigenvalue weighted by atomic mass is 10.2. The first kappa shape index (κ1) is 17.0.